The number of rotatable bonds is 33. The first kappa shape index (κ1) is 65.7. The van der Waals surface area contributed by atoms with Crippen molar-refractivity contribution in [1.29, 1.82) is 0 Å². The van der Waals surface area contributed by atoms with Crippen molar-refractivity contribution in [3.63, 3.8) is 0 Å². The lowest BCUT2D eigenvalue weighted by Crippen LogP contribution is -2.52. The van der Waals surface area contributed by atoms with E-state index in [2.05, 4.69) is 26.3 Å². The van der Waals surface area contributed by atoms with Gasteiger partial charge in [0.2, 0.25) is 11.8 Å². The molecular formula is C52H76N10O17. The Balaban J connectivity index is 1.49. The Morgan fingerprint density at radius 3 is 1.62 bits per heavy atom. The van der Waals surface area contributed by atoms with E-state index in [0.717, 1.165) is 11.3 Å². The lowest BCUT2D eigenvalue weighted by molar-refractivity contribution is -0.145. The van der Waals surface area contributed by atoms with Gasteiger partial charge in [0, 0.05) is 115 Å². The molecule has 79 heavy (non-hydrogen) atoms. The molecule has 3 atom stereocenters. The van der Waals surface area contributed by atoms with Crippen molar-refractivity contribution in [2.24, 2.45) is 0 Å². The van der Waals surface area contributed by atoms with Crippen LogP contribution in [-0.2, 0) is 56.2 Å². The number of Topliss-reactive ketones (excluding diaryl/α,β-unsaturated/α-hetero) is 1. The molecule has 2 aromatic rings. The van der Waals surface area contributed by atoms with E-state index >= 15 is 0 Å². The molecule has 1 saturated heterocycles. The second kappa shape index (κ2) is 35.0. The first-order chi connectivity index (χ1) is 37.5. The normalized spacial score (nSPS) is 15.2. The number of hydrogen-bond acceptors (Lipinski definition) is 16. The molecule has 1 aromatic heterocycles. The maximum atomic E-state index is 13.9. The Hall–Kier alpha value is -7.62. The number of carboxylic acids is 6. The van der Waals surface area contributed by atoms with Gasteiger partial charge in [-0.3, -0.25) is 67.7 Å². The maximum absolute atomic E-state index is 13.9. The molecule has 0 bridgehead atoms. The molecule has 0 spiro atoms. The van der Waals surface area contributed by atoms with E-state index in [-0.39, 0.29) is 155 Å². The summed E-state index contributed by atoms with van der Waals surface area (Å²) in [6.07, 6.45) is 2.50. The van der Waals surface area contributed by atoms with E-state index < -0.39 is 71.7 Å². The highest BCUT2D eigenvalue weighted by Gasteiger charge is 2.29. The van der Waals surface area contributed by atoms with Gasteiger partial charge in [-0.25, -0.2) is 9.59 Å². The Labute approximate surface area is 457 Å². The molecule has 27 nitrogen and oxygen atoms in total. The summed E-state index contributed by atoms with van der Waals surface area (Å²) in [6, 6.07) is 5.78. The zero-order chi connectivity index (χ0) is 58.4. The van der Waals surface area contributed by atoms with Gasteiger partial charge in [-0.15, -0.1) is 0 Å². The third-order valence-electron chi connectivity index (χ3n) is 13.0. The van der Waals surface area contributed by atoms with Gasteiger partial charge in [0.15, 0.2) is 5.78 Å². The number of aromatic nitrogens is 1. The predicted molar refractivity (Wildman–Crippen MR) is 282 cm³/mol. The number of benzene rings is 1. The van der Waals surface area contributed by atoms with Gasteiger partial charge >= 0.3 is 41.8 Å². The number of nitrogens with one attached hydrogen (secondary N) is 4. The molecule has 0 saturated carbocycles. The molecule has 1 aliphatic heterocycles. The molecule has 3 rings (SSSR count). The SMILES string of the molecule is CC(=O)[C@@H](CCC(=O)O)NC(=O)N[C@H](CCCCN(Cc1ccc(C)nc1)C(=O)c1ccc(CNC(=O)CCCCNC(=O)CCC(C(=O)O)N2CCN(CC(=O)O)CCN(CC(=O)O)CCN(CC(=O)O)CC2)cc1)C(=O)O. The molecular weight excluding hydrogens is 1040 g/mol. The minimum absolute atomic E-state index is 0.00518. The van der Waals surface area contributed by atoms with Crippen molar-refractivity contribution in [1.82, 2.24) is 50.8 Å². The molecule has 1 fully saturated rings. The molecule has 0 aliphatic carbocycles. The lowest BCUT2D eigenvalue weighted by atomic mass is 10.1. The summed E-state index contributed by atoms with van der Waals surface area (Å²) in [6.45, 7) is 3.79. The van der Waals surface area contributed by atoms with Gasteiger partial charge in [0.25, 0.3) is 5.91 Å². The molecule has 1 unspecified atom stereocenters. The van der Waals surface area contributed by atoms with Crippen LogP contribution in [0.15, 0.2) is 42.6 Å². The van der Waals surface area contributed by atoms with Crippen molar-refractivity contribution < 1.29 is 83.4 Å². The number of pyridine rings is 1. The number of ketones is 1. The van der Waals surface area contributed by atoms with Crippen LogP contribution in [0.4, 0.5) is 4.79 Å². The van der Waals surface area contributed by atoms with Crippen molar-refractivity contribution in [2.75, 3.05) is 85.1 Å². The average molecular weight is 1110 g/mol. The molecule has 1 aromatic carbocycles. The predicted octanol–water partition coefficient (Wildman–Crippen LogP) is 0.389. The van der Waals surface area contributed by atoms with Gasteiger partial charge in [0.1, 0.15) is 12.1 Å². The third kappa shape index (κ3) is 27.0. The van der Waals surface area contributed by atoms with Gasteiger partial charge in [0.05, 0.1) is 25.7 Å². The van der Waals surface area contributed by atoms with Gasteiger partial charge in [-0.1, -0.05) is 18.2 Å². The quantitative estimate of drug-likeness (QED) is 0.0432. The minimum Gasteiger partial charge on any atom is -0.481 e. The van der Waals surface area contributed by atoms with E-state index in [1.54, 1.807) is 55.0 Å². The zero-order valence-electron chi connectivity index (χ0n) is 44.8. The summed E-state index contributed by atoms with van der Waals surface area (Å²) in [4.78, 5) is 147. The van der Waals surface area contributed by atoms with Crippen LogP contribution in [0.1, 0.15) is 98.3 Å². The van der Waals surface area contributed by atoms with Crippen LogP contribution in [0.5, 0.6) is 0 Å². The number of unbranched alkanes of at least 4 members (excludes halogenated alkanes) is 2. The fourth-order valence-electron chi connectivity index (χ4n) is 8.58. The zero-order valence-corrected chi connectivity index (χ0v) is 44.8. The first-order valence-electron chi connectivity index (χ1n) is 26.1. The highest BCUT2D eigenvalue weighted by atomic mass is 16.4. The largest absolute Gasteiger partial charge is 0.481 e. The number of carbonyl (C=O) groups excluding carboxylic acids is 5. The summed E-state index contributed by atoms with van der Waals surface area (Å²) < 4.78 is 0. The second-order valence-corrected chi connectivity index (χ2v) is 19.4. The van der Waals surface area contributed by atoms with E-state index in [9.17, 15) is 78.3 Å². The number of urea groups is 1. The van der Waals surface area contributed by atoms with Crippen LogP contribution >= 0.6 is 0 Å². The van der Waals surface area contributed by atoms with Crippen LogP contribution in [0.2, 0.25) is 0 Å². The van der Waals surface area contributed by atoms with Crippen molar-refractivity contribution in [3.8, 4) is 0 Å². The van der Waals surface area contributed by atoms with E-state index in [0.29, 0.717) is 30.4 Å². The Morgan fingerprint density at radius 2 is 1.11 bits per heavy atom. The fraction of sp³-hybridized carbons (Fsp3) is 0.577. The summed E-state index contributed by atoms with van der Waals surface area (Å²) in [5, 5.41) is 67.7. The molecule has 5 amide bonds. The van der Waals surface area contributed by atoms with E-state index in [1.807, 2.05) is 19.1 Å². The molecule has 27 heteroatoms. The highest BCUT2D eigenvalue weighted by Crippen LogP contribution is 2.16. The summed E-state index contributed by atoms with van der Waals surface area (Å²) >= 11 is 0. The molecule has 436 valence electrons. The van der Waals surface area contributed by atoms with Crippen LogP contribution in [0.3, 0.4) is 0 Å². The molecule has 10 N–H and O–H groups in total. The summed E-state index contributed by atoms with van der Waals surface area (Å²) in [7, 11) is 0. The highest BCUT2D eigenvalue weighted by molar-refractivity contribution is 5.94. The van der Waals surface area contributed by atoms with Crippen LogP contribution < -0.4 is 21.3 Å². The van der Waals surface area contributed by atoms with Gasteiger partial charge in [-0.05, 0) is 88.1 Å². The molecule has 1 aliphatic rings. The van der Waals surface area contributed by atoms with Crippen LogP contribution in [0.25, 0.3) is 0 Å². The number of amides is 5. The summed E-state index contributed by atoms with van der Waals surface area (Å²) in [5.74, 6) is -8.49. The Morgan fingerprint density at radius 1 is 0.570 bits per heavy atom. The lowest BCUT2D eigenvalue weighted by Gasteiger charge is -2.35. The average Bonchev–Trinajstić information content (AvgIpc) is 3.38. The van der Waals surface area contributed by atoms with Gasteiger partial charge < -0.3 is 56.8 Å². The number of hydrogen-bond donors (Lipinski definition) is 10. The molecule has 2 heterocycles. The number of aliphatic carboxylic acids is 6. The van der Waals surface area contributed by atoms with E-state index in [1.165, 1.54) is 6.92 Å². The Kier molecular flexibility index (Phi) is 29.1. The van der Waals surface area contributed by atoms with Crippen LogP contribution in [0, 0.1) is 6.92 Å². The van der Waals surface area contributed by atoms with E-state index in [4.69, 9.17) is 5.11 Å². The fourth-order valence-corrected chi connectivity index (χ4v) is 8.58. The monoisotopic (exact) mass is 1110 g/mol. The standard InChI is InChI=1S/C52H76N10O17/c1-35-9-10-38(30-54-35)31-62(20-6-4-7-41(50(75)76)57-52(79)56-40(36(2)63)15-18-45(66)67)49(74)39-13-11-37(12-14-39)29-55-43(64)8-3-5-19-53-44(65)17-16-42(51(77)78)61-27-25-59(33-47(70)71)23-21-58(32-46(68)69)22-24-60(26-28-61)34-48(72)73/h9-14,30,40-42H,3-8,15-29,31-34H2,1-2H3,(H,53,65)(H,55,64)(H,66,67)(H,68,69)(H,70,71)(H,72,73)(H,75,76)(H,77,78)(H2,56,57,79)/t40-,41-,42?/m1/s1. The number of aryl methyl sites for hydroxylation is 1. The second-order valence-electron chi connectivity index (χ2n) is 19.4. The number of carbonyl (C=O) groups is 11. The van der Waals surface area contributed by atoms with Crippen LogP contribution in [-0.4, -0.2) is 229 Å². The smallest absolute Gasteiger partial charge is 0.326 e. The topological polar surface area (TPSA) is 386 Å². The third-order valence-corrected chi connectivity index (χ3v) is 13.0. The number of carboxylic acid groups (broad SMARTS) is 6. The minimum atomic E-state index is -1.33. The van der Waals surface area contributed by atoms with Crippen molar-refractivity contribution in [2.45, 2.75) is 109 Å². The van der Waals surface area contributed by atoms with Crippen molar-refractivity contribution >= 4 is 65.4 Å². The summed E-state index contributed by atoms with van der Waals surface area (Å²) in [5.41, 5.74) is 2.61. The van der Waals surface area contributed by atoms with Gasteiger partial charge in [-0.2, -0.15) is 0 Å². The van der Waals surface area contributed by atoms with Crippen molar-refractivity contribution in [3.05, 3.63) is 65.0 Å². The number of nitrogens with zero attached hydrogens (tertiary/aromatic N) is 6. The Bertz CT molecular complexity index is 2340. The maximum Gasteiger partial charge on any atom is 0.326 e. The molecule has 0 radical (unpaired) electrons. The first-order valence-corrected chi connectivity index (χ1v) is 26.1.